The Morgan fingerprint density at radius 1 is 1.07 bits per heavy atom. The molecule has 0 aliphatic heterocycles. The summed E-state index contributed by atoms with van der Waals surface area (Å²) in [6.45, 7) is 6.90. The van der Waals surface area contributed by atoms with Crippen LogP contribution in [0.3, 0.4) is 0 Å². The molecular weight excluding hydrogens is 392 g/mol. The molecule has 0 radical (unpaired) electrons. The predicted molar refractivity (Wildman–Crippen MR) is 113 cm³/mol. The molecule has 2 heterocycles. The van der Waals surface area contributed by atoms with Gasteiger partial charge in [-0.2, -0.15) is 0 Å². The van der Waals surface area contributed by atoms with Gasteiger partial charge in [0.25, 0.3) is 0 Å². The van der Waals surface area contributed by atoms with Crippen molar-refractivity contribution in [3.05, 3.63) is 70.9 Å². The Morgan fingerprint density at radius 3 is 2.57 bits per heavy atom. The van der Waals surface area contributed by atoms with Gasteiger partial charge >= 0.3 is 0 Å². The molecule has 0 aliphatic rings. The van der Waals surface area contributed by atoms with Crippen LogP contribution in [0.2, 0.25) is 5.02 Å². The zero-order valence-corrected chi connectivity index (χ0v) is 17.6. The molecule has 2 aromatic heterocycles. The lowest BCUT2D eigenvalue weighted by atomic mass is 9.97. The minimum Gasteiger partial charge on any atom is -0.424 e. The van der Waals surface area contributed by atoms with E-state index >= 15 is 0 Å². The van der Waals surface area contributed by atoms with Gasteiger partial charge in [-0.05, 0) is 23.8 Å². The minimum absolute atomic E-state index is 0.160. The van der Waals surface area contributed by atoms with Gasteiger partial charge in [0.15, 0.2) is 5.16 Å². The van der Waals surface area contributed by atoms with E-state index in [9.17, 15) is 0 Å². The summed E-state index contributed by atoms with van der Waals surface area (Å²) in [4.78, 5) is 4.79. The van der Waals surface area contributed by atoms with Crippen molar-refractivity contribution in [2.45, 2.75) is 43.6 Å². The van der Waals surface area contributed by atoms with E-state index < -0.39 is 0 Å². The first kappa shape index (κ1) is 19.0. The molecule has 2 aromatic carbocycles. The fraction of sp³-hybridized carbons (Fsp3) is 0.286. The fourth-order valence-electron chi connectivity index (χ4n) is 2.85. The summed E-state index contributed by atoms with van der Waals surface area (Å²) in [5, 5.41) is 9.93. The van der Waals surface area contributed by atoms with Crippen LogP contribution in [0, 0.1) is 0 Å². The summed E-state index contributed by atoms with van der Waals surface area (Å²) in [6.07, 6.45) is 0. The van der Waals surface area contributed by atoms with Crippen LogP contribution in [0.1, 0.15) is 38.1 Å². The second kappa shape index (κ2) is 7.60. The van der Waals surface area contributed by atoms with E-state index in [1.165, 1.54) is 5.56 Å². The molecule has 0 bridgehead atoms. The first-order valence-corrected chi connectivity index (χ1v) is 10.4. The third-order valence-electron chi connectivity index (χ3n) is 4.29. The average Bonchev–Trinajstić information content (AvgIpc) is 3.26. The Labute approximate surface area is 173 Å². The number of rotatable bonds is 5. The van der Waals surface area contributed by atoms with Crippen molar-refractivity contribution in [2.24, 2.45) is 0 Å². The molecule has 28 heavy (non-hydrogen) atoms. The van der Waals surface area contributed by atoms with Gasteiger partial charge in [0.05, 0.1) is 23.3 Å². The van der Waals surface area contributed by atoms with E-state index in [0.717, 1.165) is 22.7 Å². The molecule has 144 valence electrons. The Bertz CT molecular complexity index is 1100. The smallest absolute Gasteiger partial charge is 0.226 e. The zero-order valence-electron chi connectivity index (χ0n) is 16.0. The molecule has 5 nitrogen and oxygen atoms in total. The van der Waals surface area contributed by atoms with Gasteiger partial charge in [0, 0.05) is 10.4 Å². The molecule has 0 atom stereocenters. The van der Waals surface area contributed by atoms with Crippen LogP contribution >= 0.6 is 23.4 Å². The molecule has 4 aromatic rings. The lowest BCUT2D eigenvalue weighted by Gasteiger charge is -2.11. The largest absolute Gasteiger partial charge is 0.424 e. The zero-order chi connectivity index (χ0) is 19.7. The van der Waals surface area contributed by atoms with Crippen LogP contribution in [0.5, 0.6) is 0 Å². The van der Waals surface area contributed by atoms with Crippen molar-refractivity contribution >= 4 is 34.4 Å². The van der Waals surface area contributed by atoms with Crippen molar-refractivity contribution in [1.29, 1.82) is 0 Å². The highest BCUT2D eigenvalue weighted by atomic mass is 35.5. The van der Waals surface area contributed by atoms with Gasteiger partial charge < -0.3 is 8.98 Å². The summed E-state index contributed by atoms with van der Waals surface area (Å²) in [5.41, 5.74) is 2.99. The second-order valence-corrected chi connectivity index (χ2v) is 9.02. The summed E-state index contributed by atoms with van der Waals surface area (Å²) < 4.78 is 8.02. The number of nitrogens with zero attached hydrogens (tertiary/aromatic N) is 4. The van der Waals surface area contributed by atoms with Gasteiger partial charge in [-0.1, -0.05) is 74.5 Å². The second-order valence-electron chi connectivity index (χ2n) is 7.64. The number of halogens is 1. The number of hydrogen-bond acceptors (Lipinski definition) is 5. The summed E-state index contributed by atoms with van der Waals surface area (Å²) in [6, 6.07) is 16.2. The monoisotopic (exact) mass is 412 g/mol. The third-order valence-corrected chi connectivity index (χ3v) is 5.49. The normalized spacial score (nSPS) is 12.0. The van der Waals surface area contributed by atoms with E-state index in [1.54, 1.807) is 11.8 Å². The number of benzene rings is 2. The van der Waals surface area contributed by atoms with Crippen LogP contribution in [-0.2, 0) is 17.7 Å². The van der Waals surface area contributed by atoms with Crippen LogP contribution in [0.15, 0.2) is 58.1 Å². The molecule has 0 spiro atoms. The number of fused-ring (bicyclic) bond motifs is 1. The van der Waals surface area contributed by atoms with Gasteiger partial charge in [-0.15, -0.1) is 10.2 Å². The highest BCUT2D eigenvalue weighted by Gasteiger charge is 2.22. The molecule has 0 fully saturated rings. The lowest BCUT2D eigenvalue weighted by molar-refractivity contribution is 0.378. The van der Waals surface area contributed by atoms with E-state index in [1.807, 2.05) is 36.4 Å². The van der Waals surface area contributed by atoms with Gasteiger partial charge in [0.2, 0.25) is 11.8 Å². The highest BCUT2D eigenvalue weighted by Crippen LogP contribution is 2.30. The maximum Gasteiger partial charge on any atom is 0.226 e. The minimum atomic E-state index is -0.160. The summed E-state index contributed by atoms with van der Waals surface area (Å²) in [7, 11) is 0. The molecule has 0 saturated carbocycles. The summed E-state index contributed by atoms with van der Waals surface area (Å²) in [5.74, 6) is 1.81. The predicted octanol–water partition coefficient (Wildman–Crippen LogP) is 5.71. The lowest BCUT2D eigenvalue weighted by Crippen LogP contribution is -2.11. The van der Waals surface area contributed by atoms with Crippen molar-refractivity contribution in [1.82, 2.24) is 19.7 Å². The van der Waals surface area contributed by atoms with Crippen LogP contribution in [0.25, 0.3) is 11.0 Å². The van der Waals surface area contributed by atoms with Crippen LogP contribution in [0.4, 0.5) is 0 Å². The van der Waals surface area contributed by atoms with Crippen LogP contribution in [-0.4, -0.2) is 19.7 Å². The van der Waals surface area contributed by atoms with Crippen molar-refractivity contribution in [2.75, 3.05) is 0 Å². The van der Waals surface area contributed by atoms with Crippen LogP contribution < -0.4 is 0 Å². The molecule has 0 amide bonds. The van der Waals surface area contributed by atoms with E-state index in [4.69, 9.17) is 21.0 Å². The van der Waals surface area contributed by atoms with E-state index in [-0.39, 0.29) is 5.41 Å². The SMILES string of the molecule is CC(C)(C)c1nnc(CSc2nc3cc(Cl)ccc3n2Cc2ccccc2)o1. The molecule has 0 unspecified atom stereocenters. The molecule has 4 rings (SSSR count). The Hall–Kier alpha value is -2.31. The Kier molecular flexibility index (Phi) is 5.17. The first-order valence-electron chi connectivity index (χ1n) is 9.05. The number of thioether (sulfide) groups is 1. The summed E-state index contributed by atoms with van der Waals surface area (Å²) >= 11 is 7.76. The average molecular weight is 413 g/mol. The van der Waals surface area contributed by atoms with Gasteiger partial charge in [-0.3, -0.25) is 0 Å². The number of hydrogen-bond donors (Lipinski definition) is 0. The maximum atomic E-state index is 6.17. The Balaban J connectivity index is 1.64. The van der Waals surface area contributed by atoms with Crippen molar-refractivity contribution < 1.29 is 4.42 Å². The van der Waals surface area contributed by atoms with Crippen molar-refractivity contribution in [3.8, 4) is 0 Å². The molecule has 0 N–H and O–H groups in total. The molecule has 0 saturated heterocycles. The highest BCUT2D eigenvalue weighted by molar-refractivity contribution is 7.98. The quantitative estimate of drug-likeness (QED) is 0.393. The maximum absolute atomic E-state index is 6.17. The van der Waals surface area contributed by atoms with Gasteiger partial charge in [-0.25, -0.2) is 4.98 Å². The standard InChI is InChI=1S/C21H21ClN4OS/c1-21(2,3)19-25-24-18(27-19)13-28-20-23-16-11-15(22)9-10-17(16)26(20)12-14-7-5-4-6-8-14/h4-11H,12-13H2,1-3H3. The fourth-order valence-corrected chi connectivity index (χ4v) is 3.87. The molecule has 7 heteroatoms. The molecule has 0 aliphatic carbocycles. The third kappa shape index (κ3) is 4.08. The Morgan fingerprint density at radius 2 is 1.86 bits per heavy atom. The van der Waals surface area contributed by atoms with Gasteiger partial charge in [0.1, 0.15) is 0 Å². The van der Waals surface area contributed by atoms with E-state index in [0.29, 0.717) is 22.6 Å². The molecular formula is C21H21ClN4OS. The van der Waals surface area contributed by atoms with E-state index in [2.05, 4.69) is 47.7 Å². The number of imidazole rings is 1. The van der Waals surface area contributed by atoms with Crippen molar-refractivity contribution in [3.63, 3.8) is 0 Å². The first-order chi connectivity index (χ1) is 13.4. The topological polar surface area (TPSA) is 56.7 Å². The number of aromatic nitrogens is 4.